The van der Waals surface area contributed by atoms with E-state index in [1.807, 2.05) is 0 Å². The molecule has 0 spiro atoms. The molecule has 0 aromatic heterocycles. The first kappa shape index (κ1) is 14.8. The second kappa shape index (κ2) is 6.74. The van der Waals surface area contributed by atoms with Crippen molar-refractivity contribution in [3.63, 3.8) is 0 Å². The van der Waals surface area contributed by atoms with Crippen LogP contribution in [-0.4, -0.2) is 25.0 Å². The molecular weight excluding hydrogens is 236 g/mol. The van der Waals surface area contributed by atoms with Gasteiger partial charge in [-0.2, -0.15) is 0 Å². The lowest BCUT2D eigenvalue weighted by atomic mass is 9.81. The molecule has 0 radical (unpaired) electrons. The van der Waals surface area contributed by atoms with E-state index in [4.69, 9.17) is 0 Å². The van der Waals surface area contributed by atoms with Gasteiger partial charge in [-0.1, -0.05) is 33.1 Å². The number of rotatable bonds is 4. The van der Waals surface area contributed by atoms with Crippen LogP contribution in [0.3, 0.4) is 0 Å². The molecule has 1 saturated carbocycles. The molecule has 1 amide bonds. The largest absolute Gasteiger partial charge is 0.353 e. The lowest BCUT2D eigenvalue weighted by Crippen LogP contribution is -2.46. The minimum absolute atomic E-state index is 0.118. The summed E-state index contributed by atoms with van der Waals surface area (Å²) in [4.78, 5) is 12.7. The molecule has 110 valence electrons. The smallest absolute Gasteiger partial charge is 0.227 e. The van der Waals surface area contributed by atoms with Crippen molar-refractivity contribution in [3.8, 4) is 0 Å². The van der Waals surface area contributed by atoms with E-state index >= 15 is 0 Å². The molecule has 1 aliphatic heterocycles. The van der Waals surface area contributed by atoms with Gasteiger partial charge >= 0.3 is 0 Å². The van der Waals surface area contributed by atoms with Gasteiger partial charge in [-0.05, 0) is 44.6 Å². The third kappa shape index (κ3) is 3.71. The van der Waals surface area contributed by atoms with Gasteiger partial charge in [-0.15, -0.1) is 0 Å². The Hall–Kier alpha value is -0.570. The van der Waals surface area contributed by atoms with Crippen LogP contribution in [0.2, 0.25) is 0 Å². The Bertz CT molecular complexity index is 297. The topological polar surface area (TPSA) is 41.1 Å². The summed E-state index contributed by atoms with van der Waals surface area (Å²) >= 11 is 0. The second-order valence-electron chi connectivity index (χ2n) is 6.74. The average Bonchev–Trinajstić information content (AvgIpc) is 2.77. The fourth-order valence-corrected chi connectivity index (χ4v) is 3.71. The van der Waals surface area contributed by atoms with E-state index in [9.17, 15) is 4.79 Å². The van der Waals surface area contributed by atoms with Gasteiger partial charge in [-0.25, -0.2) is 0 Å². The van der Waals surface area contributed by atoms with Crippen molar-refractivity contribution in [2.24, 2.45) is 11.3 Å². The summed E-state index contributed by atoms with van der Waals surface area (Å²) in [6, 6.07) is 0.423. The summed E-state index contributed by atoms with van der Waals surface area (Å²) in [5.74, 6) is 1.15. The van der Waals surface area contributed by atoms with Crippen molar-refractivity contribution in [2.75, 3.05) is 13.1 Å². The third-order valence-electron chi connectivity index (χ3n) is 5.05. The van der Waals surface area contributed by atoms with Crippen LogP contribution in [0.25, 0.3) is 0 Å². The minimum atomic E-state index is -0.118. The molecule has 0 aromatic carbocycles. The van der Waals surface area contributed by atoms with Gasteiger partial charge in [-0.3, -0.25) is 4.79 Å². The zero-order chi connectivity index (χ0) is 13.7. The van der Waals surface area contributed by atoms with Crippen LogP contribution < -0.4 is 10.6 Å². The van der Waals surface area contributed by atoms with Crippen LogP contribution in [0.1, 0.15) is 65.2 Å². The molecule has 2 aliphatic rings. The lowest BCUT2D eigenvalue weighted by molar-refractivity contribution is -0.131. The van der Waals surface area contributed by atoms with Crippen LogP contribution in [0.5, 0.6) is 0 Å². The first-order chi connectivity index (χ1) is 9.16. The molecule has 2 fully saturated rings. The highest BCUT2D eigenvalue weighted by Crippen LogP contribution is 2.32. The molecule has 3 unspecified atom stereocenters. The monoisotopic (exact) mass is 266 g/mol. The Labute approximate surface area is 117 Å². The highest BCUT2D eigenvalue weighted by atomic mass is 16.2. The lowest BCUT2D eigenvalue weighted by Gasteiger charge is -2.29. The first-order valence-corrected chi connectivity index (χ1v) is 8.18. The molecule has 19 heavy (non-hydrogen) atoms. The molecule has 2 rings (SSSR count). The maximum atomic E-state index is 12.7. The molecule has 2 N–H and O–H groups in total. The van der Waals surface area contributed by atoms with E-state index in [1.54, 1.807) is 0 Å². The Morgan fingerprint density at radius 1 is 1.32 bits per heavy atom. The van der Waals surface area contributed by atoms with E-state index in [-0.39, 0.29) is 5.41 Å². The van der Waals surface area contributed by atoms with Crippen molar-refractivity contribution >= 4 is 5.91 Å². The summed E-state index contributed by atoms with van der Waals surface area (Å²) in [5, 5.41) is 6.74. The Kier molecular flexibility index (Phi) is 5.26. The molecule has 0 bridgehead atoms. The van der Waals surface area contributed by atoms with Gasteiger partial charge in [0.1, 0.15) is 0 Å². The van der Waals surface area contributed by atoms with Crippen LogP contribution in [-0.2, 0) is 4.79 Å². The van der Waals surface area contributed by atoms with E-state index in [2.05, 4.69) is 24.5 Å². The Morgan fingerprint density at radius 2 is 2.16 bits per heavy atom. The van der Waals surface area contributed by atoms with Gasteiger partial charge < -0.3 is 10.6 Å². The van der Waals surface area contributed by atoms with Crippen molar-refractivity contribution < 1.29 is 4.79 Å². The normalized spacial score (nSPS) is 35.9. The maximum Gasteiger partial charge on any atom is 0.227 e. The number of carbonyl (C=O) groups excluding carboxylic acids is 1. The minimum Gasteiger partial charge on any atom is -0.353 e. The van der Waals surface area contributed by atoms with Gasteiger partial charge in [0.2, 0.25) is 5.91 Å². The Balaban J connectivity index is 1.91. The van der Waals surface area contributed by atoms with Crippen molar-refractivity contribution in [1.82, 2.24) is 10.6 Å². The molecular formula is C16H30N2O. The molecule has 1 aliphatic carbocycles. The van der Waals surface area contributed by atoms with Gasteiger partial charge in [0.15, 0.2) is 0 Å². The van der Waals surface area contributed by atoms with Crippen LogP contribution in [0, 0.1) is 11.3 Å². The van der Waals surface area contributed by atoms with Crippen molar-refractivity contribution in [2.45, 2.75) is 71.3 Å². The number of carbonyl (C=O) groups is 1. The number of hydrogen-bond donors (Lipinski definition) is 2. The highest BCUT2D eigenvalue weighted by Gasteiger charge is 2.40. The number of nitrogens with one attached hydrogen (secondary N) is 2. The van der Waals surface area contributed by atoms with Gasteiger partial charge in [0.05, 0.1) is 5.41 Å². The molecule has 3 atom stereocenters. The molecule has 0 aromatic rings. The van der Waals surface area contributed by atoms with Gasteiger partial charge in [0, 0.05) is 12.6 Å². The predicted molar refractivity (Wildman–Crippen MR) is 79.0 cm³/mol. The van der Waals surface area contributed by atoms with Crippen molar-refractivity contribution in [3.05, 3.63) is 0 Å². The zero-order valence-electron chi connectivity index (χ0n) is 12.6. The quantitative estimate of drug-likeness (QED) is 0.768. The summed E-state index contributed by atoms with van der Waals surface area (Å²) < 4.78 is 0. The average molecular weight is 266 g/mol. The van der Waals surface area contributed by atoms with E-state index in [0.717, 1.165) is 38.3 Å². The van der Waals surface area contributed by atoms with E-state index < -0.39 is 0 Å². The fraction of sp³-hybridized carbons (Fsp3) is 0.938. The fourth-order valence-electron chi connectivity index (χ4n) is 3.71. The molecule has 1 saturated heterocycles. The van der Waals surface area contributed by atoms with E-state index in [1.165, 1.54) is 32.1 Å². The summed E-state index contributed by atoms with van der Waals surface area (Å²) in [7, 11) is 0. The summed E-state index contributed by atoms with van der Waals surface area (Å²) in [6.45, 7) is 6.38. The second-order valence-corrected chi connectivity index (χ2v) is 6.74. The van der Waals surface area contributed by atoms with Crippen molar-refractivity contribution in [1.29, 1.82) is 0 Å². The number of hydrogen-bond acceptors (Lipinski definition) is 2. The third-order valence-corrected chi connectivity index (χ3v) is 5.05. The Morgan fingerprint density at radius 3 is 2.84 bits per heavy atom. The SMILES string of the molecule is CCCC1(C(=O)NC2CCCC(C)CC2)CCNC1. The first-order valence-electron chi connectivity index (χ1n) is 8.18. The van der Waals surface area contributed by atoms with Gasteiger partial charge in [0.25, 0.3) is 0 Å². The van der Waals surface area contributed by atoms with Crippen LogP contribution in [0.15, 0.2) is 0 Å². The summed E-state index contributed by atoms with van der Waals surface area (Å²) in [6.07, 6.45) is 9.33. The number of amides is 1. The molecule has 1 heterocycles. The van der Waals surface area contributed by atoms with Crippen LogP contribution in [0.4, 0.5) is 0 Å². The zero-order valence-corrected chi connectivity index (χ0v) is 12.6. The summed E-state index contributed by atoms with van der Waals surface area (Å²) in [5.41, 5.74) is -0.118. The maximum absolute atomic E-state index is 12.7. The molecule has 3 nitrogen and oxygen atoms in total. The van der Waals surface area contributed by atoms with E-state index in [0.29, 0.717) is 11.9 Å². The predicted octanol–water partition coefficient (Wildman–Crippen LogP) is 2.85. The molecule has 3 heteroatoms. The highest BCUT2D eigenvalue weighted by molar-refractivity contribution is 5.83. The standard InChI is InChI=1S/C16H30N2O/c1-3-9-16(10-11-17-12-16)15(19)18-14-6-4-5-13(2)7-8-14/h13-14,17H,3-12H2,1-2H3,(H,18,19). The van der Waals surface area contributed by atoms with Crippen LogP contribution >= 0.6 is 0 Å².